The van der Waals surface area contributed by atoms with Gasteiger partial charge in [0.25, 0.3) is 6.08 Å². The minimum Gasteiger partial charge on any atom is -0.325 e. The maximum absolute atomic E-state index is 10.6. The lowest BCUT2D eigenvalue weighted by Crippen LogP contribution is -1.64. The topological polar surface area (TPSA) is 57.5 Å². The summed E-state index contributed by atoms with van der Waals surface area (Å²) in [7, 11) is -3.64. The van der Waals surface area contributed by atoms with Crippen molar-refractivity contribution in [2.24, 2.45) is 0 Å². The zero-order valence-corrected chi connectivity index (χ0v) is 7.44. The summed E-state index contributed by atoms with van der Waals surface area (Å²) in [5.41, 5.74) is 0. The Bertz CT molecular complexity index is 142. The van der Waals surface area contributed by atoms with Crippen LogP contribution < -0.4 is 0 Å². The molecule has 0 aromatic carbocycles. The van der Waals surface area contributed by atoms with E-state index in [0.717, 1.165) is 6.66 Å². The third-order valence-electron chi connectivity index (χ3n) is 0.0825. The Labute approximate surface area is 65.0 Å². The second-order valence-electron chi connectivity index (χ2n) is 1.23. The number of halogens is 3. The molecule has 10 heavy (non-hydrogen) atoms. The fourth-order valence-electron chi connectivity index (χ4n) is 0. The van der Waals surface area contributed by atoms with Crippen LogP contribution in [0.5, 0.6) is 0 Å². The Balaban J connectivity index is 0. The third kappa shape index (κ3) is 86.5. The van der Waals surface area contributed by atoms with Crippen molar-refractivity contribution >= 4 is 23.5 Å². The first-order chi connectivity index (χ1) is 4.27. The van der Waals surface area contributed by atoms with Gasteiger partial charge in [-0.2, -0.15) is 8.78 Å². The first-order valence-corrected chi connectivity index (χ1v) is 4.89. The average Bonchev–Trinajstić information content (AvgIpc) is 1.61. The number of rotatable bonds is 0. The summed E-state index contributed by atoms with van der Waals surface area (Å²) in [6.45, 7) is 0.854. The summed E-state index contributed by atoms with van der Waals surface area (Å²) in [5, 5.41) is 0. The zero-order chi connectivity index (χ0) is 8.78. The molecule has 0 fully saturated rings. The van der Waals surface area contributed by atoms with Crippen LogP contribution in [0.3, 0.4) is 0 Å². The highest BCUT2D eigenvalue weighted by Gasteiger charge is 1.95. The molecular weight excluding hydrogens is 233 g/mol. The summed E-state index contributed by atoms with van der Waals surface area (Å²) in [5.74, 6) is 0. The number of hydrogen-bond donors (Lipinski definition) is 2. The van der Waals surface area contributed by atoms with Crippen molar-refractivity contribution in [3.63, 3.8) is 0 Å². The van der Waals surface area contributed by atoms with Gasteiger partial charge in [-0.15, -0.1) is 0 Å². The molecule has 0 saturated heterocycles. The van der Waals surface area contributed by atoms with E-state index in [2.05, 4.69) is 15.9 Å². The van der Waals surface area contributed by atoms with E-state index in [9.17, 15) is 13.3 Å². The van der Waals surface area contributed by atoms with Crippen molar-refractivity contribution in [3.05, 3.63) is 11.1 Å². The molecule has 0 bridgehead atoms. The molecule has 0 amide bonds. The SMILES string of the molecule is CP(=O)(O)O.FC(F)=CBr. The highest BCUT2D eigenvalue weighted by atomic mass is 79.9. The van der Waals surface area contributed by atoms with Gasteiger partial charge in [0, 0.05) is 11.7 Å². The van der Waals surface area contributed by atoms with Crippen LogP contribution in [0, 0.1) is 0 Å². The van der Waals surface area contributed by atoms with Crippen LogP contribution in [-0.4, -0.2) is 16.5 Å². The fourth-order valence-corrected chi connectivity index (χ4v) is 0. The van der Waals surface area contributed by atoms with Gasteiger partial charge in [-0.05, 0) is 0 Å². The largest absolute Gasteiger partial charge is 0.325 e. The summed E-state index contributed by atoms with van der Waals surface area (Å²) >= 11 is 2.40. The lowest BCUT2D eigenvalue weighted by molar-refractivity contribution is 0.381. The second-order valence-corrected chi connectivity index (χ2v) is 3.36. The third-order valence-corrected chi connectivity index (χ3v) is 0.429. The van der Waals surface area contributed by atoms with E-state index in [1.807, 2.05) is 0 Å². The Morgan fingerprint density at radius 2 is 1.70 bits per heavy atom. The number of hydrogen-bond acceptors (Lipinski definition) is 1. The monoisotopic (exact) mass is 238 g/mol. The van der Waals surface area contributed by atoms with Gasteiger partial charge in [-0.3, -0.25) is 4.57 Å². The summed E-state index contributed by atoms with van der Waals surface area (Å²) in [6.07, 6.45) is -1.70. The van der Waals surface area contributed by atoms with Crippen molar-refractivity contribution < 1.29 is 23.1 Å². The zero-order valence-electron chi connectivity index (χ0n) is 4.96. The highest BCUT2D eigenvalue weighted by molar-refractivity contribution is 9.11. The highest BCUT2D eigenvalue weighted by Crippen LogP contribution is 2.26. The van der Waals surface area contributed by atoms with Gasteiger partial charge in [0.1, 0.15) is 0 Å². The molecule has 0 atom stereocenters. The van der Waals surface area contributed by atoms with Crippen LogP contribution in [0.4, 0.5) is 8.78 Å². The molecule has 0 aliphatic heterocycles. The molecule has 0 aliphatic rings. The van der Waals surface area contributed by atoms with E-state index in [4.69, 9.17) is 9.79 Å². The molecule has 3 nitrogen and oxygen atoms in total. The normalized spacial score (nSPS) is 9.40. The molecule has 0 spiro atoms. The van der Waals surface area contributed by atoms with Crippen LogP contribution in [0.15, 0.2) is 11.1 Å². The smallest absolute Gasteiger partial charge is 0.322 e. The van der Waals surface area contributed by atoms with Gasteiger partial charge in [0.15, 0.2) is 0 Å². The fraction of sp³-hybridized carbons (Fsp3) is 0.333. The first kappa shape index (κ1) is 12.9. The van der Waals surface area contributed by atoms with Gasteiger partial charge >= 0.3 is 7.60 Å². The maximum atomic E-state index is 10.6. The van der Waals surface area contributed by atoms with Crippen molar-refractivity contribution in [2.45, 2.75) is 0 Å². The molecule has 62 valence electrons. The van der Waals surface area contributed by atoms with E-state index in [-0.39, 0.29) is 0 Å². The van der Waals surface area contributed by atoms with Crippen LogP contribution in [0.1, 0.15) is 0 Å². The summed E-state index contributed by atoms with van der Waals surface area (Å²) in [6, 6.07) is 0. The van der Waals surface area contributed by atoms with Crippen molar-refractivity contribution in [1.82, 2.24) is 0 Å². The standard InChI is InChI=1S/C2HBrF2.CH5O3P/c3-1-2(4)5;1-5(2,3)4/h1H;1H3,(H2,2,3,4). The van der Waals surface area contributed by atoms with Gasteiger partial charge in [0.2, 0.25) is 0 Å². The molecule has 7 heteroatoms. The van der Waals surface area contributed by atoms with Crippen LogP contribution >= 0.6 is 23.5 Å². The molecule has 0 aromatic rings. The quantitative estimate of drug-likeness (QED) is 0.634. The van der Waals surface area contributed by atoms with Gasteiger partial charge in [0.05, 0.1) is 0 Å². The summed E-state index contributed by atoms with van der Waals surface area (Å²) < 4.78 is 30.5. The van der Waals surface area contributed by atoms with Crippen molar-refractivity contribution in [1.29, 1.82) is 0 Å². The molecule has 0 unspecified atom stereocenters. The van der Waals surface area contributed by atoms with E-state index >= 15 is 0 Å². The van der Waals surface area contributed by atoms with Crippen LogP contribution in [-0.2, 0) is 4.57 Å². The van der Waals surface area contributed by atoms with E-state index in [0.29, 0.717) is 4.99 Å². The predicted octanol–water partition coefficient (Wildman–Crippen LogP) is 1.91. The Morgan fingerprint density at radius 1 is 1.60 bits per heavy atom. The molecule has 0 rings (SSSR count). The minimum atomic E-state index is -3.64. The van der Waals surface area contributed by atoms with E-state index in [1.165, 1.54) is 0 Å². The average molecular weight is 239 g/mol. The molecule has 0 aromatic heterocycles. The van der Waals surface area contributed by atoms with Crippen LogP contribution in [0.2, 0.25) is 0 Å². The Hall–Kier alpha value is 0.230. The van der Waals surface area contributed by atoms with Gasteiger partial charge in [-0.1, -0.05) is 15.9 Å². The Morgan fingerprint density at radius 3 is 1.70 bits per heavy atom. The molecular formula is C3H6BrF2O3P. The van der Waals surface area contributed by atoms with Crippen LogP contribution in [0.25, 0.3) is 0 Å². The molecule has 0 saturated carbocycles. The maximum Gasteiger partial charge on any atom is 0.322 e. The lowest BCUT2D eigenvalue weighted by atomic mass is 11.2. The van der Waals surface area contributed by atoms with E-state index < -0.39 is 13.7 Å². The lowest BCUT2D eigenvalue weighted by Gasteiger charge is -1.84. The molecule has 0 aliphatic carbocycles. The predicted molar refractivity (Wildman–Crippen MR) is 37.2 cm³/mol. The van der Waals surface area contributed by atoms with E-state index in [1.54, 1.807) is 0 Å². The second kappa shape index (κ2) is 5.97. The Kier molecular flexibility index (Phi) is 7.69. The van der Waals surface area contributed by atoms with Crippen molar-refractivity contribution in [3.8, 4) is 0 Å². The summed E-state index contributed by atoms with van der Waals surface area (Å²) in [4.78, 5) is 15.8. The first-order valence-electron chi connectivity index (χ1n) is 1.91. The molecule has 2 N–H and O–H groups in total. The minimum absolute atomic E-state index is 0.562. The molecule has 0 radical (unpaired) electrons. The van der Waals surface area contributed by atoms with Gasteiger partial charge < -0.3 is 9.79 Å². The molecule has 0 heterocycles. The van der Waals surface area contributed by atoms with Gasteiger partial charge in [-0.25, -0.2) is 0 Å². The van der Waals surface area contributed by atoms with Crippen molar-refractivity contribution in [2.75, 3.05) is 6.66 Å².